The van der Waals surface area contributed by atoms with Crippen LogP contribution in [0.2, 0.25) is 10.0 Å². The van der Waals surface area contributed by atoms with Crippen molar-refractivity contribution in [2.24, 2.45) is 5.92 Å². The van der Waals surface area contributed by atoms with Crippen molar-refractivity contribution in [2.75, 3.05) is 4.31 Å². The maximum Gasteiger partial charge on any atom is 0.264 e. The first kappa shape index (κ1) is 18.5. The molecule has 0 amide bonds. The Morgan fingerprint density at radius 1 is 1.12 bits per heavy atom. The third-order valence-electron chi connectivity index (χ3n) is 4.50. The molecule has 1 aliphatic carbocycles. The summed E-state index contributed by atoms with van der Waals surface area (Å²) >= 11 is 12.0. The Morgan fingerprint density at radius 3 is 2.28 bits per heavy atom. The van der Waals surface area contributed by atoms with Crippen LogP contribution in [0.15, 0.2) is 47.4 Å². The molecule has 1 atom stereocenters. The molecular weight excluding hydrogens is 381 g/mol. The summed E-state index contributed by atoms with van der Waals surface area (Å²) in [6, 6.07) is 10.8. The van der Waals surface area contributed by atoms with Gasteiger partial charge in [-0.2, -0.15) is 0 Å². The molecule has 0 saturated heterocycles. The molecule has 3 rings (SSSR count). The molecule has 0 bridgehead atoms. The largest absolute Gasteiger partial charge is 0.392 e. The van der Waals surface area contributed by atoms with Crippen molar-refractivity contribution in [3.8, 4) is 0 Å². The third kappa shape index (κ3) is 3.80. The molecule has 1 saturated carbocycles. The Bertz CT molecular complexity index is 864. The molecule has 25 heavy (non-hydrogen) atoms. The molecule has 1 unspecified atom stereocenters. The molecule has 134 valence electrons. The van der Waals surface area contributed by atoms with Gasteiger partial charge in [0.1, 0.15) is 0 Å². The Labute approximate surface area is 158 Å². The molecule has 2 aromatic rings. The van der Waals surface area contributed by atoms with E-state index in [1.165, 1.54) is 16.4 Å². The van der Waals surface area contributed by atoms with Gasteiger partial charge in [-0.05, 0) is 62.1 Å². The van der Waals surface area contributed by atoms with Crippen LogP contribution in [0.3, 0.4) is 0 Å². The van der Waals surface area contributed by atoms with Crippen LogP contribution in [0.4, 0.5) is 5.69 Å². The second-order valence-corrected chi connectivity index (χ2v) is 8.95. The van der Waals surface area contributed by atoms with Gasteiger partial charge < -0.3 is 5.11 Å². The summed E-state index contributed by atoms with van der Waals surface area (Å²) in [4.78, 5) is 0.160. The van der Waals surface area contributed by atoms with Crippen LogP contribution in [0.5, 0.6) is 0 Å². The first-order valence-electron chi connectivity index (χ1n) is 8.04. The van der Waals surface area contributed by atoms with E-state index in [0.29, 0.717) is 27.2 Å². The van der Waals surface area contributed by atoms with Crippen LogP contribution in [-0.4, -0.2) is 19.6 Å². The number of halogens is 2. The fraction of sp³-hybridized carbons (Fsp3) is 0.333. The summed E-state index contributed by atoms with van der Waals surface area (Å²) in [7, 11) is -3.82. The minimum atomic E-state index is -3.82. The highest BCUT2D eigenvalue weighted by Gasteiger charge is 2.39. The van der Waals surface area contributed by atoms with Gasteiger partial charge in [-0.15, -0.1) is 0 Å². The van der Waals surface area contributed by atoms with Crippen LogP contribution in [0.25, 0.3) is 0 Å². The van der Waals surface area contributed by atoms with Gasteiger partial charge in [0.25, 0.3) is 10.0 Å². The normalized spacial score (nSPS) is 15.8. The maximum absolute atomic E-state index is 13.4. The summed E-state index contributed by atoms with van der Waals surface area (Å²) in [5, 5.41) is 10.6. The van der Waals surface area contributed by atoms with Crippen molar-refractivity contribution in [3.63, 3.8) is 0 Å². The highest BCUT2D eigenvalue weighted by atomic mass is 35.5. The first-order chi connectivity index (χ1) is 11.8. The molecule has 1 fully saturated rings. The molecule has 1 N–H and O–H groups in total. The van der Waals surface area contributed by atoms with E-state index < -0.39 is 10.0 Å². The second kappa shape index (κ2) is 7.16. The lowest BCUT2D eigenvalue weighted by Gasteiger charge is -2.32. The van der Waals surface area contributed by atoms with Crippen molar-refractivity contribution in [1.82, 2.24) is 0 Å². The summed E-state index contributed by atoms with van der Waals surface area (Å²) < 4.78 is 28.1. The molecule has 0 radical (unpaired) electrons. The van der Waals surface area contributed by atoms with Crippen LogP contribution in [0, 0.1) is 5.92 Å². The van der Waals surface area contributed by atoms with Gasteiger partial charge in [0, 0.05) is 21.7 Å². The summed E-state index contributed by atoms with van der Waals surface area (Å²) in [5.74, 6) is 0.299. The van der Waals surface area contributed by atoms with E-state index >= 15 is 0 Å². The van der Waals surface area contributed by atoms with Gasteiger partial charge in [0.05, 0.1) is 17.2 Å². The predicted octanol–water partition coefficient (Wildman–Crippen LogP) is 4.48. The Hall–Kier alpha value is -1.27. The number of benzene rings is 2. The highest BCUT2D eigenvalue weighted by Crippen LogP contribution is 2.41. The Morgan fingerprint density at radius 2 is 1.72 bits per heavy atom. The third-order valence-corrected chi connectivity index (χ3v) is 6.90. The van der Waals surface area contributed by atoms with E-state index in [1.54, 1.807) is 30.3 Å². The van der Waals surface area contributed by atoms with Crippen molar-refractivity contribution >= 4 is 38.9 Å². The van der Waals surface area contributed by atoms with Crippen LogP contribution in [0.1, 0.15) is 25.3 Å². The molecule has 1 aliphatic rings. The minimum Gasteiger partial charge on any atom is -0.392 e. The zero-order chi connectivity index (χ0) is 18.2. The zero-order valence-electron chi connectivity index (χ0n) is 13.7. The fourth-order valence-corrected chi connectivity index (χ4v) is 4.97. The lowest BCUT2D eigenvalue weighted by atomic mass is 10.1. The van der Waals surface area contributed by atoms with Gasteiger partial charge in [-0.25, -0.2) is 8.42 Å². The van der Waals surface area contributed by atoms with Gasteiger partial charge in [-0.1, -0.05) is 29.3 Å². The summed E-state index contributed by atoms with van der Waals surface area (Å²) in [5.41, 5.74) is 0.943. The zero-order valence-corrected chi connectivity index (χ0v) is 16.0. The quantitative estimate of drug-likeness (QED) is 0.778. The monoisotopic (exact) mass is 399 g/mol. The second-order valence-electron chi connectivity index (χ2n) is 6.26. The number of nitrogens with zero attached hydrogens (tertiary/aromatic N) is 1. The highest BCUT2D eigenvalue weighted by molar-refractivity contribution is 7.92. The molecule has 0 aromatic heterocycles. The van der Waals surface area contributed by atoms with Crippen LogP contribution in [-0.2, 0) is 16.6 Å². The van der Waals surface area contributed by atoms with Crippen molar-refractivity contribution in [3.05, 3.63) is 58.1 Å². The maximum atomic E-state index is 13.4. The average molecular weight is 400 g/mol. The predicted molar refractivity (Wildman–Crippen MR) is 101 cm³/mol. The van der Waals surface area contributed by atoms with Crippen molar-refractivity contribution < 1.29 is 13.5 Å². The molecular formula is C18H19Cl2NO3S. The summed E-state index contributed by atoms with van der Waals surface area (Å²) in [6.07, 6.45) is 1.98. The molecule has 0 spiro atoms. The lowest BCUT2D eigenvalue weighted by Crippen LogP contribution is -2.40. The molecule has 0 heterocycles. The number of sulfonamides is 1. The number of hydrogen-bond donors (Lipinski definition) is 1. The first-order valence-corrected chi connectivity index (χ1v) is 10.2. The number of hydrogen-bond acceptors (Lipinski definition) is 3. The molecule has 2 aromatic carbocycles. The van der Waals surface area contributed by atoms with Gasteiger partial charge in [0.15, 0.2) is 0 Å². The molecule has 4 nitrogen and oxygen atoms in total. The van der Waals surface area contributed by atoms with E-state index in [1.807, 2.05) is 6.92 Å². The van der Waals surface area contributed by atoms with Gasteiger partial charge in [-0.3, -0.25) is 4.31 Å². The van der Waals surface area contributed by atoms with E-state index in [9.17, 15) is 13.5 Å². The average Bonchev–Trinajstić information content (AvgIpc) is 3.40. The number of aliphatic hydroxyl groups excluding tert-OH is 1. The Kier molecular flexibility index (Phi) is 5.30. The molecule has 0 aliphatic heterocycles. The topological polar surface area (TPSA) is 57.6 Å². The van der Waals surface area contributed by atoms with E-state index in [0.717, 1.165) is 12.8 Å². The van der Waals surface area contributed by atoms with Crippen LogP contribution >= 0.6 is 23.2 Å². The smallest absolute Gasteiger partial charge is 0.264 e. The van der Waals surface area contributed by atoms with Crippen molar-refractivity contribution in [2.45, 2.75) is 37.3 Å². The van der Waals surface area contributed by atoms with E-state index in [-0.39, 0.29) is 17.5 Å². The van der Waals surface area contributed by atoms with Gasteiger partial charge >= 0.3 is 0 Å². The fourth-order valence-electron chi connectivity index (χ4n) is 2.93. The van der Waals surface area contributed by atoms with Crippen LogP contribution < -0.4 is 4.31 Å². The number of rotatable bonds is 6. The minimum absolute atomic E-state index is 0.160. The molecule has 7 heteroatoms. The van der Waals surface area contributed by atoms with E-state index in [2.05, 4.69) is 0 Å². The van der Waals surface area contributed by atoms with Gasteiger partial charge in [0.2, 0.25) is 0 Å². The van der Waals surface area contributed by atoms with E-state index in [4.69, 9.17) is 23.2 Å². The SMILES string of the molecule is CC(C1CC1)N(c1cc(Cl)ccc1CO)S(=O)(=O)c1ccc(Cl)cc1. The lowest BCUT2D eigenvalue weighted by molar-refractivity contribution is 0.282. The number of aliphatic hydroxyl groups is 1. The summed E-state index contributed by atoms with van der Waals surface area (Å²) in [6.45, 7) is 1.63. The Balaban J connectivity index is 2.15. The number of anilines is 1. The van der Waals surface area contributed by atoms with Crippen molar-refractivity contribution in [1.29, 1.82) is 0 Å². The standard InChI is InChI=1S/C18H19Cl2NO3S/c1-12(13-2-3-13)21(18-10-16(20)5-4-14(18)11-22)25(23,24)17-8-6-15(19)7-9-17/h4-10,12-13,22H,2-3,11H2,1H3.